The van der Waals surface area contributed by atoms with Gasteiger partial charge in [-0.15, -0.1) is 11.8 Å². The van der Waals surface area contributed by atoms with Gasteiger partial charge in [-0.05, 0) is 60.5 Å². The Bertz CT molecular complexity index is 1140. The summed E-state index contributed by atoms with van der Waals surface area (Å²) < 4.78 is 15.3. The first-order valence-electron chi connectivity index (χ1n) is 9.29. The van der Waals surface area contributed by atoms with Crippen LogP contribution in [0.2, 0.25) is 0 Å². The fraction of sp³-hybridized carbons (Fsp3) is 0.130. The highest BCUT2D eigenvalue weighted by molar-refractivity contribution is 9.10. The largest absolute Gasteiger partial charge is 0.322 e. The summed E-state index contributed by atoms with van der Waals surface area (Å²) >= 11 is 4.80. The zero-order valence-corrected chi connectivity index (χ0v) is 18.5. The third-order valence-corrected chi connectivity index (χ3v) is 6.45. The Morgan fingerprint density at radius 3 is 2.73 bits per heavy atom. The van der Waals surface area contributed by atoms with Gasteiger partial charge in [0.2, 0.25) is 5.91 Å². The Balaban J connectivity index is 1.62. The van der Waals surface area contributed by atoms with Crippen molar-refractivity contribution in [3.63, 3.8) is 0 Å². The van der Waals surface area contributed by atoms with E-state index >= 15 is 0 Å². The van der Waals surface area contributed by atoms with Crippen molar-refractivity contribution in [3.05, 3.63) is 93.7 Å². The molecule has 0 aromatic heterocycles. The van der Waals surface area contributed by atoms with Gasteiger partial charge in [0.1, 0.15) is 11.2 Å². The molecule has 0 saturated carbocycles. The minimum Gasteiger partial charge on any atom is -0.322 e. The average Bonchev–Trinajstić information content (AvgIpc) is 3.11. The van der Waals surface area contributed by atoms with Crippen molar-refractivity contribution in [1.82, 2.24) is 0 Å². The van der Waals surface area contributed by atoms with Crippen molar-refractivity contribution in [3.8, 4) is 0 Å². The lowest BCUT2D eigenvalue weighted by atomic mass is 10.1. The summed E-state index contributed by atoms with van der Waals surface area (Å²) in [7, 11) is 0. The Hall–Kier alpha value is -2.64. The molecule has 30 heavy (non-hydrogen) atoms. The molecule has 152 valence electrons. The molecule has 0 radical (unpaired) electrons. The van der Waals surface area contributed by atoms with E-state index in [9.17, 15) is 14.0 Å². The second-order valence-electron chi connectivity index (χ2n) is 6.97. The first-order chi connectivity index (χ1) is 14.4. The SMILES string of the molecule is Cc1ccc(F)c(N2C(=O)CS[C@H]2c2cccc(NC(=O)c3cccc(Br)c3)c2)c1. The number of benzene rings is 3. The van der Waals surface area contributed by atoms with Gasteiger partial charge in [0.05, 0.1) is 11.4 Å². The van der Waals surface area contributed by atoms with Crippen LogP contribution < -0.4 is 10.2 Å². The van der Waals surface area contributed by atoms with Gasteiger partial charge in [-0.3, -0.25) is 14.5 Å². The van der Waals surface area contributed by atoms with Crippen molar-refractivity contribution >= 4 is 50.9 Å². The standard InChI is InChI=1S/C23H18BrFN2O2S/c1-14-8-9-19(25)20(10-14)27-21(28)13-30-23(27)16-5-3-7-18(12-16)26-22(29)15-4-2-6-17(24)11-15/h2-12,23H,13H2,1H3,(H,26,29)/t23-/m0/s1. The van der Waals surface area contributed by atoms with Crippen LogP contribution in [0.1, 0.15) is 26.9 Å². The topological polar surface area (TPSA) is 49.4 Å². The number of nitrogens with one attached hydrogen (secondary N) is 1. The van der Waals surface area contributed by atoms with E-state index in [1.165, 1.54) is 22.7 Å². The van der Waals surface area contributed by atoms with Crippen LogP contribution in [0.4, 0.5) is 15.8 Å². The number of hydrogen-bond acceptors (Lipinski definition) is 3. The number of aryl methyl sites for hydroxylation is 1. The van der Waals surface area contributed by atoms with Crippen LogP contribution in [-0.2, 0) is 4.79 Å². The minimum atomic E-state index is -0.430. The number of hydrogen-bond donors (Lipinski definition) is 1. The number of nitrogens with zero attached hydrogens (tertiary/aromatic N) is 1. The van der Waals surface area contributed by atoms with E-state index in [-0.39, 0.29) is 28.6 Å². The second kappa shape index (κ2) is 8.62. The molecule has 1 aliphatic heterocycles. The number of rotatable bonds is 4. The van der Waals surface area contributed by atoms with Crippen LogP contribution in [0.25, 0.3) is 0 Å². The molecule has 1 aliphatic rings. The average molecular weight is 485 g/mol. The summed E-state index contributed by atoms with van der Waals surface area (Å²) in [5, 5.41) is 2.52. The van der Waals surface area contributed by atoms with Crippen molar-refractivity contribution in [2.75, 3.05) is 16.0 Å². The third kappa shape index (κ3) is 4.27. The first kappa shape index (κ1) is 20.6. The summed E-state index contributed by atoms with van der Waals surface area (Å²) in [6.07, 6.45) is 0. The minimum absolute atomic E-state index is 0.141. The molecule has 0 spiro atoms. The number of anilines is 2. The smallest absolute Gasteiger partial charge is 0.255 e. The monoisotopic (exact) mass is 484 g/mol. The number of halogens is 2. The van der Waals surface area contributed by atoms with Crippen molar-refractivity contribution in [2.45, 2.75) is 12.3 Å². The van der Waals surface area contributed by atoms with Crippen LogP contribution in [-0.4, -0.2) is 17.6 Å². The van der Waals surface area contributed by atoms with Gasteiger partial charge in [0, 0.05) is 15.7 Å². The molecule has 1 saturated heterocycles. The zero-order valence-electron chi connectivity index (χ0n) is 16.1. The Labute approximate surface area is 186 Å². The summed E-state index contributed by atoms with van der Waals surface area (Å²) in [5.41, 5.74) is 3.12. The molecule has 1 heterocycles. The quantitative estimate of drug-likeness (QED) is 0.499. The molecule has 1 N–H and O–H groups in total. The van der Waals surface area contributed by atoms with E-state index in [1.54, 1.807) is 36.4 Å². The third-order valence-electron chi connectivity index (χ3n) is 4.75. The Kier molecular flexibility index (Phi) is 5.92. The van der Waals surface area contributed by atoms with E-state index in [0.29, 0.717) is 11.3 Å². The molecule has 1 fully saturated rings. The van der Waals surface area contributed by atoms with Crippen LogP contribution >= 0.6 is 27.7 Å². The summed E-state index contributed by atoms with van der Waals surface area (Å²) in [6.45, 7) is 1.86. The highest BCUT2D eigenvalue weighted by Gasteiger charge is 2.35. The lowest BCUT2D eigenvalue weighted by Gasteiger charge is -2.25. The predicted molar refractivity (Wildman–Crippen MR) is 122 cm³/mol. The molecule has 2 amide bonds. The number of thioether (sulfide) groups is 1. The number of carbonyl (C=O) groups excluding carboxylic acids is 2. The van der Waals surface area contributed by atoms with Crippen molar-refractivity contribution in [2.24, 2.45) is 0 Å². The summed E-state index contributed by atoms with van der Waals surface area (Å²) in [6, 6.07) is 19.2. The van der Waals surface area contributed by atoms with E-state index in [2.05, 4.69) is 21.2 Å². The van der Waals surface area contributed by atoms with Crippen LogP contribution in [0.15, 0.2) is 71.2 Å². The number of amides is 2. The van der Waals surface area contributed by atoms with Crippen molar-refractivity contribution in [1.29, 1.82) is 0 Å². The summed E-state index contributed by atoms with van der Waals surface area (Å²) in [4.78, 5) is 26.6. The molecule has 3 aromatic rings. The van der Waals surface area contributed by atoms with E-state index < -0.39 is 5.82 Å². The van der Waals surface area contributed by atoms with Gasteiger partial charge in [-0.2, -0.15) is 0 Å². The van der Waals surface area contributed by atoms with E-state index in [1.807, 2.05) is 31.2 Å². The molecule has 7 heteroatoms. The second-order valence-corrected chi connectivity index (χ2v) is 8.96. The Morgan fingerprint density at radius 1 is 1.13 bits per heavy atom. The predicted octanol–water partition coefficient (Wildman–Crippen LogP) is 5.93. The van der Waals surface area contributed by atoms with Crippen LogP contribution in [0.3, 0.4) is 0 Å². The number of carbonyl (C=O) groups is 2. The van der Waals surface area contributed by atoms with Gasteiger partial charge < -0.3 is 5.32 Å². The summed E-state index contributed by atoms with van der Waals surface area (Å²) in [5.74, 6) is -0.532. The molecule has 0 aliphatic carbocycles. The fourth-order valence-corrected chi connectivity index (χ4v) is 4.90. The Morgan fingerprint density at radius 2 is 1.93 bits per heavy atom. The maximum absolute atomic E-state index is 14.5. The maximum atomic E-state index is 14.5. The molecule has 4 nitrogen and oxygen atoms in total. The molecule has 0 bridgehead atoms. The molecule has 1 atom stereocenters. The highest BCUT2D eigenvalue weighted by atomic mass is 79.9. The van der Waals surface area contributed by atoms with Gasteiger partial charge in [-0.1, -0.05) is 40.2 Å². The maximum Gasteiger partial charge on any atom is 0.255 e. The highest BCUT2D eigenvalue weighted by Crippen LogP contribution is 2.43. The molecular weight excluding hydrogens is 467 g/mol. The van der Waals surface area contributed by atoms with Crippen LogP contribution in [0.5, 0.6) is 0 Å². The normalized spacial score (nSPS) is 16.0. The molecule has 4 rings (SSSR count). The molecule has 0 unspecified atom stereocenters. The van der Waals surface area contributed by atoms with E-state index in [0.717, 1.165) is 15.6 Å². The molecular formula is C23H18BrFN2O2S. The molecule has 3 aromatic carbocycles. The lowest BCUT2D eigenvalue weighted by molar-refractivity contribution is -0.115. The van der Waals surface area contributed by atoms with E-state index in [4.69, 9.17) is 0 Å². The zero-order chi connectivity index (χ0) is 21.3. The van der Waals surface area contributed by atoms with Gasteiger partial charge in [-0.25, -0.2) is 4.39 Å². The van der Waals surface area contributed by atoms with Crippen LogP contribution in [0, 0.1) is 12.7 Å². The lowest BCUT2D eigenvalue weighted by Crippen LogP contribution is -2.28. The van der Waals surface area contributed by atoms with Gasteiger partial charge in [0.15, 0.2) is 0 Å². The van der Waals surface area contributed by atoms with Gasteiger partial charge >= 0.3 is 0 Å². The first-order valence-corrected chi connectivity index (χ1v) is 11.1. The van der Waals surface area contributed by atoms with Gasteiger partial charge in [0.25, 0.3) is 5.91 Å². The van der Waals surface area contributed by atoms with Crippen molar-refractivity contribution < 1.29 is 14.0 Å². The fourth-order valence-electron chi connectivity index (χ4n) is 3.34.